The molecule has 0 spiro atoms. The largest absolute Gasteiger partial charge is 0.445 e. The minimum Gasteiger partial charge on any atom is -0.445 e. The van der Waals surface area contributed by atoms with Crippen molar-refractivity contribution in [2.45, 2.75) is 6.61 Å². The van der Waals surface area contributed by atoms with Crippen molar-refractivity contribution >= 4 is 23.1 Å². The molecule has 3 rings (SSSR count). The molecule has 1 amide bonds. The van der Waals surface area contributed by atoms with E-state index in [-0.39, 0.29) is 6.61 Å². The number of para-hydroxylation sites is 1. The summed E-state index contributed by atoms with van der Waals surface area (Å²) in [5.41, 5.74) is 3.29. The molecule has 0 aliphatic carbocycles. The average molecular weight is 320 g/mol. The van der Waals surface area contributed by atoms with Crippen molar-refractivity contribution in [1.29, 1.82) is 0 Å². The summed E-state index contributed by atoms with van der Waals surface area (Å²) in [5, 5.41) is 3.92. The third-order valence-corrected chi connectivity index (χ3v) is 3.80. The van der Waals surface area contributed by atoms with Gasteiger partial charge in [0.05, 0.1) is 0 Å². The Morgan fingerprint density at radius 2 is 1.88 bits per heavy atom. The van der Waals surface area contributed by atoms with Gasteiger partial charge >= 0.3 is 6.09 Å². The van der Waals surface area contributed by atoms with E-state index in [2.05, 4.69) is 28.2 Å². The van der Waals surface area contributed by atoms with E-state index in [0.717, 1.165) is 11.1 Å². The van der Waals surface area contributed by atoms with Crippen LogP contribution in [0.3, 0.4) is 0 Å². The van der Waals surface area contributed by atoms with Crippen LogP contribution in [-0.2, 0) is 18.4 Å². The van der Waals surface area contributed by atoms with Gasteiger partial charge in [0.1, 0.15) is 6.61 Å². The molecule has 1 aromatic heterocycles. The van der Waals surface area contributed by atoms with E-state index in [0.29, 0.717) is 6.54 Å². The molecule has 0 saturated carbocycles. The first-order valence-electron chi connectivity index (χ1n) is 7.89. The molecule has 1 N–H and O–H groups in total. The highest BCUT2D eigenvalue weighted by atomic mass is 16.5. The standard InChI is InChI=1S/C20H20N2O2/c1-22-14-17(18-11-5-6-12-19(18)22)10-7-13-21-20(23)24-15-16-8-3-2-4-9-16/h2-12,14H,13,15H2,1H3,(H,21,23). The highest BCUT2D eigenvalue weighted by Crippen LogP contribution is 2.21. The van der Waals surface area contributed by atoms with Crippen molar-refractivity contribution in [2.24, 2.45) is 7.05 Å². The number of aromatic nitrogens is 1. The number of rotatable bonds is 5. The molecule has 3 aromatic rings. The highest BCUT2D eigenvalue weighted by Gasteiger charge is 2.03. The van der Waals surface area contributed by atoms with Gasteiger partial charge in [0, 0.05) is 30.7 Å². The molecule has 4 heteroatoms. The normalized spacial score (nSPS) is 11.0. The summed E-state index contributed by atoms with van der Waals surface area (Å²) >= 11 is 0. The summed E-state index contributed by atoms with van der Waals surface area (Å²) in [6, 6.07) is 17.9. The maximum atomic E-state index is 11.7. The fourth-order valence-electron chi connectivity index (χ4n) is 2.61. The molecule has 0 radical (unpaired) electrons. The maximum Gasteiger partial charge on any atom is 0.407 e. The number of hydrogen-bond donors (Lipinski definition) is 1. The van der Waals surface area contributed by atoms with Gasteiger partial charge in [0.15, 0.2) is 0 Å². The Bertz CT molecular complexity index is 850. The van der Waals surface area contributed by atoms with Gasteiger partial charge in [-0.3, -0.25) is 0 Å². The lowest BCUT2D eigenvalue weighted by atomic mass is 10.1. The Hall–Kier alpha value is -3.01. The Labute approximate surface area is 141 Å². The van der Waals surface area contributed by atoms with E-state index < -0.39 is 6.09 Å². The lowest BCUT2D eigenvalue weighted by Gasteiger charge is -2.05. The Morgan fingerprint density at radius 3 is 2.71 bits per heavy atom. The maximum absolute atomic E-state index is 11.7. The molecular weight excluding hydrogens is 300 g/mol. The Morgan fingerprint density at radius 1 is 1.12 bits per heavy atom. The second-order valence-corrected chi connectivity index (χ2v) is 5.56. The van der Waals surface area contributed by atoms with E-state index in [4.69, 9.17) is 4.74 Å². The number of alkyl carbamates (subject to hydrolysis) is 1. The van der Waals surface area contributed by atoms with Crippen LogP contribution in [0.2, 0.25) is 0 Å². The summed E-state index contributed by atoms with van der Waals surface area (Å²) in [7, 11) is 2.03. The molecule has 0 saturated heterocycles. The molecule has 0 aliphatic heterocycles. The van der Waals surface area contributed by atoms with Crippen molar-refractivity contribution in [2.75, 3.05) is 6.54 Å². The molecule has 1 heterocycles. The summed E-state index contributed by atoms with van der Waals surface area (Å²) in [6.45, 7) is 0.705. The first kappa shape index (κ1) is 15.9. The van der Waals surface area contributed by atoms with E-state index >= 15 is 0 Å². The number of amides is 1. The molecule has 4 nitrogen and oxygen atoms in total. The van der Waals surface area contributed by atoms with E-state index in [1.165, 1.54) is 10.9 Å². The summed E-state index contributed by atoms with van der Waals surface area (Å²) in [5.74, 6) is 0. The van der Waals surface area contributed by atoms with Crippen molar-refractivity contribution < 1.29 is 9.53 Å². The highest BCUT2D eigenvalue weighted by molar-refractivity contribution is 5.89. The van der Waals surface area contributed by atoms with Gasteiger partial charge in [0.25, 0.3) is 0 Å². The predicted octanol–water partition coefficient (Wildman–Crippen LogP) is 4.12. The number of benzene rings is 2. The van der Waals surface area contributed by atoms with Crippen LogP contribution < -0.4 is 5.32 Å². The van der Waals surface area contributed by atoms with Crippen LogP contribution in [0.15, 0.2) is 66.9 Å². The number of nitrogens with zero attached hydrogens (tertiary/aromatic N) is 1. The quantitative estimate of drug-likeness (QED) is 0.768. The smallest absolute Gasteiger partial charge is 0.407 e. The van der Waals surface area contributed by atoms with Crippen molar-refractivity contribution in [1.82, 2.24) is 9.88 Å². The fraction of sp³-hybridized carbons (Fsp3) is 0.150. The van der Waals surface area contributed by atoms with Gasteiger partial charge in [-0.15, -0.1) is 0 Å². The first-order chi connectivity index (χ1) is 11.7. The average Bonchev–Trinajstić information content (AvgIpc) is 2.94. The molecular formula is C20H20N2O2. The zero-order valence-corrected chi connectivity index (χ0v) is 13.6. The van der Waals surface area contributed by atoms with Crippen LogP contribution in [0.4, 0.5) is 4.79 Å². The van der Waals surface area contributed by atoms with E-state index in [9.17, 15) is 4.79 Å². The Balaban J connectivity index is 1.50. The van der Waals surface area contributed by atoms with Gasteiger partial charge in [-0.2, -0.15) is 0 Å². The third-order valence-electron chi connectivity index (χ3n) is 3.80. The molecule has 122 valence electrons. The van der Waals surface area contributed by atoms with Gasteiger partial charge in [0.2, 0.25) is 0 Å². The number of nitrogens with one attached hydrogen (secondary N) is 1. The topological polar surface area (TPSA) is 43.3 Å². The number of carbonyl (C=O) groups excluding carboxylic acids is 1. The van der Waals surface area contributed by atoms with Gasteiger partial charge in [-0.25, -0.2) is 4.79 Å². The summed E-state index contributed by atoms with van der Waals surface area (Å²) in [4.78, 5) is 11.7. The molecule has 0 bridgehead atoms. The molecule has 0 aliphatic rings. The zero-order valence-electron chi connectivity index (χ0n) is 13.6. The van der Waals surface area contributed by atoms with Crippen molar-refractivity contribution in [3.05, 3.63) is 78.0 Å². The SMILES string of the molecule is Cn1cc(C=CCNC(=O)OCc2ccccc2)c2ccccc21. The lowest BCUT2D eigenvalue weighted by molar-refractivity contribution is 0.141. The van der Waals surface area contributed by atoms with Crippen LogP contribution in [0.5, 0.6) is 0 Å². The van der Waals surface area contributed by atoms with Crippen LogP contribution in [-0.4, -0.2) is 17.2 Å². The summed E-state index contributed by atoms with van der Waals surface area (Å²) in [6.07, 6.45) is 5.60. The van der Waals surface area contributed by atoms with Crippen LogP contribution in [0.25, 0.3) is 17.0 Å². The van der Waals surface area contributed by atoms with Crippen LogP contribution >= 0.6 is 0 Å². The second kappa shape index (κ2) is 7.51. The monoisotopic (exact) mass is 320 g/mol. The van der Waals surface area contributed by atoms with Gasteiger partial charge in [-0.1, -0.05) is 60.7 Å². The molecule has 0 fully saturated rings. The van der Waals surface area contributed by atoms with Gasteiger partial charge < -0.3 is 14.6 Å². The number of aryl methyl sites for hydroxylation is 1. The Kier molecular flexibility index (Phi) is 4.96. The number of hydrogen-bond acceptors (Lipinski definition) is 2. The minimum absolute atomic E-state index is 0.277. The minimum atomic E-state index is -0.415. The van der Waals surface area contributed by atoms with Crippen molar-refractivity contribution in [3.63, 3.8) is 0 Å². The lowest BCUT2D eigenvalue weighted by Crippen LogP contribution is -2.24. The second-order valence-electron chi connectivity index (χ2n) is 5.56. The van der Waals surface area contributed by atoms with Gasteiger partial charge in [-0.05, 0) is 17.2 Å². The van der Waals surface area contributed by atoms with Crippen LogP contribution in [0.1, 0.15) is 11.1 Å². The zero-order chi connectivity index (χ0) is 16.8. The van der Waals surface area contributed by atoms with Crippen molar-refractivity contribution in [3.8, 4) is 0 Å². The first-order valence-corrected chi connectivity index (χ1v) is 7.89. The van der Waals surface area contributed by atoms with Crippen LogP contribution in [0, 0.1) is 0 Å². The van der Waals surface area contributed by atoms with E-state index in [1.54, 1.807) is 0 Å². The predicted molar refractivity (Wildman–Crippen MR) is 96.6 cm³/mol. The molecule has 0 unspecified atom stereocenters. The van der Waals surface area contributed by atoms with E-state index in [1.807, 2.05) is 61.7 Å². The molecule has 24 heavy (non-hydrogen) atoms. The summed E-state index contributed by atoms with van der Waals surface area (Å²) < 4.78 is 7.26. The number of fused-ring (bicyclic) bond motifs is 1. The number of ether oxygens (including phenoxy) is 1. The molecule has 0 atom stereocenters. The fourth-order valence-corrected chi connectivity index (χ4v) is 2.61. The third kappa shape index (κ3) is 3.84. The molecule has 2 aromatic carbocycles. The number of carbonyl (C=O) groups is 1.